The first kappa shape index (κ1) is 20.7. The number of rotatable bonds is 7. The van der Waals surface area contributed by atoms with Gasteiger partial charge >= 0.3 is 5.97 Å². The van der Waals surface area contributed by atoms with E-state index >= 15 is 0 Å². The van der Waals surface area contributed by atoms with Gasteiger partial charge in [0.1, 0.15) is 17.4 Å². The Balaban J connectivity index is 2.09. The minimum Gasteiger partial charge on any atom is -0.496 e. The molecule has 28 heavy (non-hydrogen) atoms. The van der Waals surface area contributed by atoms with E-state index in [0.717, 1.165) is 0 Å². The molecule has 0 aliphatic rings. The molecule has 6 nitrogen and oxygen atoms in total. The summed E-state index contributed by atoms with van der Waals surface area (Å²) in [5.74, 6) is -0.154. The maximum Gasteiger partial charge on any atom is 0.338 e. The molecule has 144 valence electrons. The fraction of sp³-hybridized carbons (Fsp3) is 0.227. The van der Waals surface area contributed by atoms with Crippen LogP contribution in [0.25, 0.3) is 6.08 Å². The summed E-state index contributed by atoms with van der Waals surface area (Å²) in [5.41, 5.74) is 1.42. The summed E-state index contributed by atoms with van der Waals surface area (Å²) in [6, 6.07) is 15.3. The minimum atomic E-state index is -0.552. The number of nitrogens with zero attached hydrogens (tertiary/aromatic N) is 1. The SMILES string of the molecule is COc1ccccc1/C=C(\C#N)C(=O)Nc1ccc(C(=O)OCC(C)C)cc1. The van der Waals surface area contributed by atoms with Crippen molar-refractivity contribution in [3.63, 3.8) is 0 Å². The Hall–Kier alpha value is -3.59. The Bertz CT molecular complexity index is 909. The standard InChI is InChI=1S/C22H22N2O4/c1-15(2)14-28-22(26)16-8-10-19(11-9-16)24-21(25)18(13-23)12-17-6-4-5-7-20(17)27-3/h4-12,15H,14H2,1-3H3,(H,24,25)/b18-12+. The summed E-state index contributed by atoms with van der Waals surface area (Å²) in [5, 5.41) is 12.0. The number of carbonyl (C=O) groups excluding carboxylic acids is 2. The molecule has 2 aromatic carbocycles. The Morgan fingerprint density at radius 3 is 2.43 bits per heavy atom. The largest absolute Gasteiger partial charge is 0.496 e. The molecule has 0 aliphatic heterocycles. The molecule has 0 radical (unpaired) electrons. The van der Waals surface area contributed by atoms with Crippen LogP contribution in [-0.4, -0.2) is 25.6 Å². The summed E-state index contributed by atoms with van der Waals surface area (Å²) < 4.78 is 10.4. The van der Waals surface area contributed by atoms with Gasteiger partial charge in [0.25, 0.3) is 5.91 Å². The Morgan fingerprint density at radius 1 is 1.14 bits per heavy atom. The first-order valence-electron chi connectivity index (χ1n) is 8.78. The number of anilines is 1. The molecule has 6 heteroatoms. The number of nitriles is 1. The van der Waals surface area contributed by atoms with Crippen molar-refractivity contribution in [1.82, 2.24) is 0 Å². The average molecular weight is 378 g/mol. The predicted octanol–water partition coefficient (Wildman–Crippen LogP) is 4.05. The van der Waals surface area contributed by atoms with Crippen LogP contribution < -0.4 is 10.1 Å². The number of ether oxygens (including phenoxy) is 2. The third-order valence-electron chi connectivity index (χ3n) is 3.73. The van der Waals surface area contributed by atoms with Crippen LogP contribution in [0.3, 0.4) is 0 Å². The number of hydrogen-bond acceptors (Lipinski definition) is 5. The van der Waals surface area contributed by atoms with E-state index in [1.807, 2.05) is 19.9 Å². The van der Waals surface area contributed by atoms with Crippen LogP contribution in [0.1, 0.15) is 29.8 Å². The molecule has 0 aromatic heterocycles. The highest BCUT2D eigenvalue weighted by atomic mass is 16.5. The highest BCUT2D eigenvalue weighted by Crippen LogP contribution is 2.21. The predicted molar refractivity (Wildman–Crippen MR) is 107 cm³/mol. The molecule has 2 aromatic rings. The zero-order valence-electron chi connectivity index (χ0n) is 16.1. The monoisotopic (exact) mass is 378 g/mol. The number of amides is 1. The van der Waals surface area contributed by atoms with Gasteiger partial charge in [-0.05, 0) is 42.3 Å². The van der Waals surface area contributed by atoms with Gasteiger partial charge in [-0.1, -0.05) is 32.0 Å². The molecule has 2 rings (SSSR count). The van der Waals surface area contributed by atoms with Crippen LogP contribution in [0, 0.1) is 17.2 Å². The van der Waals surface area contributed by atoms with Crippen LogP contribution in [0.5, 0.6) is 5.75 Å². The van der Waals surface area contributed by atoms with Crippen LogP contribution in [-0.2, 0) is 9.53 Å². The third-order valence-corrected chi connectivity index (χ3v) is 3.73. The number of esters is 1. The fourth-order valence-corrected chi connectivity index (χ4v) is 2.30. The van der Waals surface area contributed by atoms with E-state index in [2.05, 4.69) is 5.32 Å². The van der Waals surface area contributed by atoms with Crippen LogP contribution in [0.4, 0.5) is 5.69 Å². The maximum absolute atomic E-state index is 12.4. The van der Waals surface area contributed by atoms with Gasteiger partial charge in [0.15, 0.2) is 0 Å². The molecule has 0 saturated heterocycles. The van der Waals surface area contributed by atoms with E-state index in [1.54, 1.807) is 48.5 Å². The van der Waals surface area contributed by atoms with Crippen LogP contribution in [0.15, 0.2) is 54.1 Å². The van der Waals surface area contributed by atoms with E-state index in [9.17, 15) is 14.9 Å². The highest BCUT2D eigenvalue weighted by Gasteiger charge is 2.12. The van der Waals surface area contributed by atoms with Crippen LogP contribution in [0.2, 0.25) is 0 Å². The van der Waals surface area contributed by atoms with E-state index < -0.39 is 11.9 Å². The zero-order valence-corrected chi connectivity index (χ0v) is 16.1. The van der Waals surface area contributed by atoms with E-state index in [4.69, 9.17) is 9.47 Å². The summed E-state index contributed by atoms with van der Waals surface area (Å²) in [4.78, 5) is 24.3. The molecule has 1 N–H and O–H groups in total. The molecule has 0 saturated carbocycles. The quantitative estimate of drug-likeness (QED) is 0.446. The van der Waals surface area contributed by atoms with E-state index in [1.165, 1.54) is 13.2 Å². The topological polar surface area (TPSA) is 88.4 Å². The normalized spacial score (nSPS) is 10.9. The maximum atomic E-state index is 12.4. The lowest BCUT2D eigenvalue weighted by atomic mass is 10.1. The van der Waals surface area contributed by atoms with Gasteiger partial charge in [0.05, 0.1) is 19.3 Å². The van der Waals surface area contributed by atoms with Gasteiger partial charge in [0.2, 0.25) is 0 Å². The molecule has 0 heterocycles. The number of methoxy groups -OCH3 is 1. The Morgan fingerprint density at radius 2 is 1.82 bits per heavy atom. The second kappa shape index (κ2) is 9.93. The highest BCUT2D eigenvalue weighted by molar-refractivity contribution is 6.10. The molecular formula is C22H22N2O4. The van der Waals surface area contributed by atoms with Gasteiger partial charge in [-0.2, -0.15) is 5.26 Å². The molecule has 0 fully saturated rings. The number of hydrogen-bond donors (Lipinski definition) is 1. The van der Waals surface area contributed by atoms with Gasteiger partial charge in [-0.15, -0.1) is 0 Å². The summed E-state index contributed by atoms with van der Waals surface area (Å²) in [6.07, 6.45) is 1.46. The van der Waals surface area contributed by atoms with Gasteiger partial charge in [-0.3, -0.25) is 4.79 Å². The lowest BCUT2D eigenvalue weighted by Gasteiger charge is -2.09. The zero-order chi connectivity index (χ0) is 20.5. The van der Waals surface area contributed by atoms with E-state index in [-0.39, 0.29) is 11.5 Å². The molecular weight excluding hydrogens is 356 g/mol. The average Bonchev–Trinajstić information content (AvgIpc) is 2.70. The van der Waals surface area contributed by atoms with Gasteiger partial charge in [0, 0.05) is 11.3 Å². The van der Waals surface area contributed by atoms with Crippen molar-refractivity contribution < 1.29 is 19.1 Å². The van der Waals surface area contributed by atoms with Gasteiger partial charge in [-0.25, -0.2) is 4.79 Å². The van der Waals surface area contributed by atoms with E-state index in [0.29, 0.717) is 29.2 Å². The van der Waals surface area contributed by atoms with Crippen molar-refractivity contribution in [3.05, 3.63) is 65.2 Å². The van der Waals surface area contributed by atoms with Crippen molar-refractivity contribution in [3.8, 4) is 11.8 Å². The number of para-hydroxylation sites is 1. The van der Waals surface area contributed by atoms with Crippen molar-refractivity contribution in [1.29, 1.82) is 5.26 Å². The lowest BCUT2D eigenvalue weighted by molar-refractivity contribution is -0.112. The van der Waals surface area contributed by atoms with Crippen molar-refractivity contribution in [2.45, 2.75) is 13.8 Å². The molecule has 1 amide bonds. The van der Waals surface area contributed by atoms with Crippen molar-refractivity contribution in [2.24, 2.45) is 5.92 Å². The van der Waals surface area contributed by atoms with Crippen molar-refractivity contribution >= 4 is 23.6 Å². The Labute approximate surface area is 164 Å². The molecule has 0 aliphatic carbocycles. The number of nitrogens with one attached hydrogen (secondary N) is 1. The number of carbonyl (C=O) groups is 2. The summed E-state index contributed by atoms with van der Waals surface area (Å²) in [6.45, 7) is 4.26. The van der Waals surface area contributed by atoms with Crippen molar-refractivity contribution in [2.75, 3.05) is 19.0 Å². The molecule has 0 unspecified atom stereocenters. The molecule has 0 spiro atoms. The second-order valence-corrected chi connectivity index (χ2v) is 6.44. The Kier molecular flexibility index (Phi) is 7.35. The number of benzene rings is 2. The van der Waals surface area contributed by atoms with Crippen LogP contribution >= 0.6 is 0 Å². The third kappa shape index (κ3) is 5.71. The summed E-state index contributed by atoms with van der Waals surface area (Å²) in [7, 11) is 1.52. The first-order valence-corrected chi connectivity index (χ1v) is 8.78. The molecule has 0 atom stereocenters. The molecule has 0 bridgehead atoms. The fourth-order valence-electron chi connectivity index (χ4n) is 2.30. The van der Waals surface area contributed by atoms with Gasteiger partial charge < -0.3 is 14.8 Å². The first-order chi connectivity index (χ1) is 13.4. The second-order valence-electron chi connectivity index (χ2n) is 6.44. The summed E-state index contributed by atoms with van der Waals surface area (Å²) >= 11 is 0. The minimum absolute atomic E-state index is 0.0649. The lowest BCUT2D eigenvalue weighted by Crippen LogP contribution is -2.14. The smallest absolute Gasteiger partial charge is 0.338 e.